The van der Waals surface area contributed by atoms with Crippen LogP contribution in [0.2, 0.25) is 0 Å². The summed E-state index contributed by atoms with van der Waals surface area (Å²) in [6, 6.07) is 14.3. The van der Waals surface area contributed by atoms with Crippen molar-refractivity contribution >= 4 is 17.7 Å². The van der Waals surface area contributed by atoms with E-state index in [2.05, 4.69) is 39.0 Å². The van der Waals surface area contributed by atoms with E-state index in [1.807, 2.05) is 31.2 Å². The summed E-state index contributed by atoms with van der Waals surface area (Å²) in [4.78, 5) is 12.5. The summed E-state index contributed by atoms with van der Waals surface area (Å²) in [7, 11) is 1.64. The summed E-state index contributed by atoms with van der Waals surface area (Å²) in [5.74, 6) is 1.03. The van der Waals surface area contributed by atoms with Crippen molar-refractivity contribution in [3.05, 3.63) is 64.7 Å². The third kappa shape index (κ3) is 5.44. The van der Waals surface area contributed by atoms with E-state index in [0.717, 1.165) is 29.7 Å². The maximum atomic E-state index is 12.5. The Labute approximate surface area is 186 Å². The van der Waals surface area contributed by atoms with Gasteiger partial charge in [0.1, 0.15) is 5.75 Å². The Morgan fingerprint density at radius 1 is 1.16 bits per heavy atom. The van der Waals surface area contributed by atoms with Gasteiger partial charge in [-0.05, 0) is 77.4 Å². The summed E-state index contributed by atoms with van der Waals surface area (Å²) in [5.41, 5.74) is 5.09. The van der Waals surface area contributed by atoms with Gasteiger partial charge in [0.2, 0.25) is 11.1 Å². The molecule has 1 aliphatic rings. The molecular formula is C23H27N5O2S. The van der Waals surface area contributed by atoms with Crippen LogP contribution in [0.5, 0.6) is 5.75 Å². The van der Waals surface area contributed by atoms with Gasteiger partial charge in [-0.2, -0.15) is 0 Å². The van der Waals surface area contributed by atoms with E-state index < -0.39 is 0 Å². The number of tetrazole rings is 1. The van der Waals surface area contributed by atoms with Crippen LogP contribution in [0, 0.1) is 0 Å². The zero-order chi connectivity index (χ0) is 21.6. The zero-order valence-corrected chi connectivity index (χ0v) is 18.7. The Morgan fingerprint density at radius 2 is 1.94 bits per heavy atom. The van der Waals surface area contributed by atoms with Crippen LogP contribution in [0.4, 0.5) is 0 Å². The van der Waals surface area contributed by atoms with Crippen molar-refractivity contribution in [1.82, 2.24) is 25.5 Å². The van der Waals surface area contributed by atoms with Gasteiger partial charge in [-0.25, -0.2) is 4.68 Å². The van der Waals surface area contributed by atoms with Crippen molar-refractivity contribution in [1.29, 1.82) is 0 Å². The molecule has 0 saturated carbocycles. The van der Waals surface area contributed by atoms with Crippen molar-refractivity contribution in [2.24, 2.45) is 0 Å². The summed E-state index contributed by atoms with van der Waals surface area (Å²) < 4.78 is 6.89. The Bertz CT molecular complexity index is 1030. The van der Waals surface area contributed by atoms with Crippen molar-refractivity contribution < 1.29 is 9.53 Å². The number of rotatable bonds is 8. The number of ether oxygens (including phenoxy) is 1. The molecule has 0 aliphatic heterocycles. The number of aromatic nitrogens is 4. The molecule has 0 fully saturated rings. The van der Waals surface area contributed by atoms with Crippen LogP contribution in [-0.2, 0) is 24.2 Å². The van der Waals surface area contributed by atoms with Gasteiger partial charge in [-0.1, -0.05) is 42.1 Å². The van der Waals surface area contributed by atoms with Crippen LogP contribution in [0.3, 0.4) is 0 Å². The number of methoxy groups -OCH3 is 1. The molecule has 1 amide bonds. The fourth-order valence-corrected chi connectivity index (χ4v) is 4.51. The molecule has 1 N–H and O–H groups in total. The number of aryl methyl sites for hydroxylation is 2. The highest BCUT2D eigenvalue weighted by Crippen LogP contribution is 2.25. The number of fused-ring (bicyclic) bond motifs is 1. The second-order valence-corrected chi connectivity index (χ2v) is 8.72. The summed E-state index contributed by atoms with van der Waals surface area (Å²) in [5, 5.41) is 15.6. The topological polar surface area (TPSA) is 81.9 Å². The van der Waals surface area contributed by atoms with Gasteiger partial charge < -0.3 is 10.1 Å². The second-order valence-electron chi connectivity index (χ2n) is 7.78. The van der Waals surface area contributed by atoms with Gasteiger partial charge in [-0.15, -0.1) is 5.10 Å². The largest absolute Gasteiger partial charge is 0.497 e. The number of amides is 1. The lowest BCUT2D eigenvalue weighted by Crippen LogP contribution is -2.28. The predicted molar refractivity (Wildman–Crippen MR) is 120 cm³/mol. The highest BCUT2D eigenvalue weighted by Gasteiger charge is 2.16. The average Bonchev–Trinajstić information content (AvgIpc) is 3.24. The first-order valence-electron chi connectivity index (χ1n) is 10.6. The van der Waals surface area contributed by atoms with Crippen LogP contribution >= 0.6 is 11.8 Å². The number of carbonyl (C=O) groups excluding carboxylic acids is 1. The molecule has 2 aromatic carbocycles. The van der Waals surface area contributed by atoms with Gasteiger partial charge in [0.15, 0.2) is 0 Å². The monoisotopic (exact) mass is 437 g/mol. The number of hydrogen-bond acceptors (Lipinski definition) is 6. The van der Waals surface area contributed by atoms with Crippen molar-refractivity contribution in [2.75, 3.05) is 12.9 Å². The molecule has 0 spiro atoms. The molecule has 8 heteroatoms. The Kier molecular flexibility index (Phi) is 6.86. The van der Waals surface area contributed by atoms with E-state index >= 15 is 0 Å². The highest BCUT2D eigenvalue weighted by molar-refractivity contribution is 7.99. The zero-order valence-electron chi connectivity index (χ0n) is 17.9. The molecule has 0 bridgehead atoms. The molecule has 1 aliphatic carbocycles. The number of benzene rings is 2. The molecule has 4 rings (SSSR count). The van der Waals surface area contributed by atoms with E-state index in [-0.39, 0.29) is 17.7 Å². The normalized spacial score (nSPS) is 14.0. The number of hydrogen-bond donors (Lipinski definition) is 1. The van der Waals surface area contributed by atoms with Gasteiger partial charge in [0.05, 0.1) is 25.4 Å². The lowest BCUT2D eigenvalue weighted by atomic mass is 9.89. The minimum atomic E-state index is -0.0331. The molecule has 0 saturated heterocycles. The molecule has 0 unspecified atom stereocenters. The van der Waals surface area contributed by atoms with Crippen molar-refractivity contribution in [3.8, 4) is 5.75 Å². The molecule has 1 atom stereocenters. The van der Waals surface area contributed by atoms with E-state index in [4.69, 9.17) is 4.74 Å². The van der Waals surface area contributed by atoms with E-state index in [1.54, 1.807) is 11.8 Å². The lowest BCUT2D eigenvalue weighted by molar-refractivity contribution is -0.119. The Balaban J connectivity index is 1.31. The standard InChI is InChI=1S/C23H27N5O2S/c1-16(19-10-9-18-5-3-4-6-20(18)13-19)24-22(29)15-31-23-25-26-27-28(23)14-17-7-11-21(30-2)12-8-17/h7-13,16H,3-6,14-15H2,1-2H3,(H,24,29)/t16-/m1/s1. The maximum absolute atomic E-state index is 12.5. The van der Waals surface area contributed by atoms with E-state index in [0.29, 0.717) is 11.7 Å². The van der Waals surface area contributed by atoms with Crippen LogP contribution in [-0.4, -0.2) is 39.0 Å². The van der Waals surface area contributed by atoms with Crippen molar-refractivity contribution in [2.45, 2.75) is 50.4 Å². The Hall–Kier alpha value is -2.87. The summed E-state index contributed by atoms with van der Waals surface area (Å²) in [6.45, 7) is 2.56. The van der Waals surface area contributed by atoms with Crippen LogP contribution in [0.25, 0.3) is 0 Å². The highest BCUT2D eigenvalue weighted by atomic mass is 32.2. The SMILES string of the molecule is COc1ccc(Cn2nnnc2SCC(=O)N[C@H](C)c2ccc3c(c2)CCCC3)cc1. The first-order chi connectivity index (χ1) is 15.1. The maximum Gasteiger partial charge on any atom is 0.230 e. The van der Waals surface area contributed by atoms with Gasteiger partial charge in [0.25, 0.3) is 0 Å². The molecule has 1 aromatic heterocycles. The number of nitrogens with one attached hydrogen (secondary N) is 1. The average molecular weight is 438 g/mol. The van der Waals surface area contributed by atoms with Crippen LogP contribution in [0.15, 0.2) is 47.6 Å². The smallest absolute Gasteiger partial charge is 0.230 e. The second kappa shape index (κ2) is 9.96. The van der Waals surface area contributed by atoms with Gasteiger partial charge in [0, 0.05) is 0 Å². The minimum Gasteiger partial charge on any atom is -0.497 e. The molecule has 1 heterocycles. The lowest BCUT2D eigenvalue weighted by Gasteiger charge is -2.20. The minimum absolute atomic E-state index is 0.0318. The number of thioether (sulfide) groups is 1. The molecule has 31 heavy (non-hydrogen) atoms. The van der Waals surface area contributed by atoms with Gasteiger partial charge >= 0.3 is 0 Å². The first-order valence-corrected chi connectivity index (χ1v) is 11.5. The molecule has 3 aromatic rings. The van der Waals surface area contributed by atoms with Crippen LogP contribution in [0.1, 0.15) is 48.1 Å². The van der Waals surface area contributed by atoms with Gasteiger partial charge in [-0.3, -0.25) is 4.79 Å². The number of nitrogens with zero attached hydrogens (tertiary/aromatic N) is 4. The Morgan fingerprint density at radius 3 is 2.71 bits per heavy atom. The summed E-state index contributed by atoms with van der Waals surface area (Å²) >= 11 is 1.34. The van der Waals surface area contributed by atoms with Crippen molar-refractivity contribution in [3.63, 3.8) is 0 Å². The van der Waals surface area contributed by atoms with E-state index in [1.165, 1.54) is 35.7 Å². The number of carbonyl (C=O) groups is 1. The predicted octanol–water partition coefficient (Wildman–Crippen LogP) is 3.58. The molecule has 7 nitrogen and oxygen atoms in total. The third-order valence-corrected chi connectivity index (χ3v) is 6.53. The first kappa shape index (κ1) is 21.4. The molecule has 162 valence electrons. The third-order valence-electron chi connectivity index (χ3n) is 5.57. The molecular weight excluding hydrogens is 410 g/mol. The van der Waals surface area contributed by atoms with Crippen LogP contribution < -0.4 is 10.1 Å². The summed E-state index contributed by atoms with van der Waals surface area (Å²) in [6.07, 6.45) is 4.82. The quantitative estimate of drug-likeness (QED) is 0.543. The fraction of sp³-hybridized carbons (Fsp3) is 0.391. The molecule has 0 radical (unpaired) electrons. The van der Waals surface area contributed by atoms with E-state index in [9.17, 15) is 4.79 Å². The fourth-order valence-electron chi connectivity index (χ4n) is 3.82.